The smallest absolute Gasteiger partial charge is 0.261 e. The molecule has 130 valence electrons. The summed E-state index contributed by atoms with van der Waals surface area (Å²) >= 11 is 3.37. The molecule has 0 aliphatic carbocycles. The van der Waals surface area contributed by atoms with E-state index in [-0.39, 0.29) is 30.1 Å². The molecule has 5 nitrogen and oxygen atoms in total. The van der Waals surface area contributed by atoms with Gasteiger partial charge in [-0.25, -0.2) is 4.98 Å². The number of halogens is 1. The summed E-state index contributed by atoms with van der Waals surface area (Å²) in [6.45, 7) is 8.23. The van der Waals surface area contributed by atoms with Crippen molar-refractivity contribution in [1.82, 2.24) is 14.5 Å². The third-order valence-electron chi connectivity index (χ3n) is 4.51. The molecule has 0 fully saturated rings. The minimum absolute atomic E-state index is 0.0168. The summed E-state index contributed by atoms with van der Waals surface area (Å²) in [5.74, 6) is -0.0445. The Kier molecular flexibility index (Phi) is 6.15. The lowest BCUT2D eigenvalue weighted by Gasteiger charge is -2.34. The number of aromatic nitrogens is 2. The predicted octanol–water partition coefficient (Wildman–Crippen LogP) is 3.58. The molecule has 2 aromatic rings. The van der Waals surface area contributed by atoms with Gasteiger partial charge in [-0.05, 0) is 44.9 Å². The summed E-state index contributed by atoms with van der Waals surface area (Å²) in [5, 5.41) is 0.512. The van der Waals surface area contributed by atoms with E-state index < -0.39 is 0 Å². The van der Waals surface area contributed by atoms with Gasteiger partial charge in [0, 0.05) is 16.6 Å². The molecule has 6 heteroatoms. The van der Waals surface area contributed by atoms with Gasteiger partial charge < -0.3 is 4.90 Å². The van der Waals surface area contributed by atoms with Gasteiger partial charge in [0.15, 0.2) is 0 Å². The van der Waals surface area contributed by atoms with Crippen LogP contribution in [0.1, 0.15) is 40.5 Å². The van der Waals surface area contributed by atoms with Gasteiger partial charge in [0.1, 0.15) is 6.54 Å². The highest BCUT2D eigenvalue weighted by atomic mass is 79.9. The van der Waals surface area contributed by atoms with Crippen molar-refractivity contribution < 1.29 is 4.79 Å². The number of nitrogens with zero attached hydrogens (tertiary/aromatic N) is 3. The van der Waals surface area contributed by atoms with Gasteiger partial charge in [-0.3, -0.25) is 14.2 Å². The van der Waals surface area contributed by atoms with E-state index in [0.29, 0.717) is 10.9 Å². The summed E-state index contributed by atoms with van der Waals surface area (Å²) in [6, 6.07) is 5.67. The maximum Gasteiger partial charge on any atom is 0.261 e. The second kappa shape index (κ2) is 7.92. The third kappa shape index (κ3) is 3.86. The first-order valence-electron chi connectivity index (χ1n) is 8.34. The number of carbonyl (C=O) groups excluding carboxylic acids is 1. The van der Waals surface area contributed by atoms with Crippen molar-refractivity contribution in [3.8, 4) is 0 Å². The van der Waals surface area contributed by atoms with E-state index in [0.717, 1.165) is 17.3 Å². The third-order valence-corrected chi connectivity index (χ3v) is 5.00. The summed E-state index contributed by atoms with van der Waals surface area (Å²) in [7, 11) is 0. The average Bonchev–Trinajstić information content (AvgIpc) is 2.57. The van der Waals surface area contributed by atoms with Crippen LogP contribution in [0.2, 0.25) is 0 Å². The van der Waals surface area contributed by atoms with E-state index in [1.165, 1.54) is 10.9 Å². The first-order chi connectivity index (χ1) is 11.4. The first kappa shape index (κ1) is 18.6. The van der Waals surface area contributed by atoms with Gasteiger partial charge in [0.05, 0.1) is 17.2 Å². The zero-order valence-electron chi connectivity index (χ0n) is 14.6. The van der Waals surface area contributed by atoms with Crippen LogP contribution < -0.4 is 5.56 Å². The van der Waals surface area contributed by atoms with E-state index in [2.05, 4.69) is 34.8 Å². The quantitative estimate of drug-likeness (QED) is 0.753. The van der Waals surface area contributed by atoms with Crippen LogP contribution in [-0.2, 0) is 11.3 Å². The monoisotopic (exact) mass is 393 g/mol. The highest BCUT2D eigenvalue weighted by Crippen LogP contribution is 2.16. The topological polar surface area (TPSA) is 55.2 Å². The van der Waals surface area contributed by atoms with Gasteiger partial charge in [0.25, 0.3) is 5.56 Å². The van der Waals surface area contributed by atoms with Crippen molar-refractivity contribution in [1.29, 1.82) is 0 Å². The molecule has 24 heavy (non-hydrogen) atoms. The number of amides is 1. The molecule has 1 aromatic heterocycles. The number of benzene rings is 1. The van der Waals surface area contributed by atoms with E-state index in [4.69, 9.17) is 0 Å². The van der Waals surface area contributed by atoms with Crippen LogP contribution in [-0.4, -0.2) is 32.4 Å². The van der Waals surface area contributed by atoms with Crippen molar-refractivity contribution >= 4 is 32.7 Å². The molecule has 1 heterocycles. The van der Waals surface area contributed by atoms with Crippen LogP contribution in [0.25, 0.3) is 10.9 Å². The summed E-state index contributed by atoms with van der Waals surface area (Å²) in [4.78, 5) is 31.6. The van der Waals surface area contributed by atoms with Crippen molar-refractivity contribution in [2.45, 2.75) is 59.2 Å². The Hall–Kier alpha value is -1.69. The average molecular weight is 394 g/mol. The van der Waals surface area contributed by atoms with E-state index in [1.54, 1.807) is 12.1 Å². The summed E-state index contributed by atoms with van der Waals surface area (Å²) < 4.78 is 2.22. The Morgan fingerprint density at radius 3 is 2.46 bits per heavy atom. The molecule has 0 saturated carbocycles. The largest absolute Gasteiger partial charge is 0.336 e. The fourth-order valence-corrected chi connectivity index (χ4v) is 3.15. The minimum Gasteiger partial charge on any atom is -0.336 e. The van der Waals surface area contributed by atoms with Gasteiger partial charge in [-0.2, -0.15) is 0 Å². The Bertz CT molecular complexity index is 777. The zero-order valence-corrected chi connectivity index (χ0v) is 16.2. The molecular weight excluding hydrogens is 370 g/mol. The summed E-state index contributed by atoms with van der Waals surface area (Å²) in [5.41, 5.74) is 0.440. The molecule has 0 aliphatic heterocycles. The Labute approximate surface area is 150 Å². The SMILES string of the molecule is CC[C@@H](C)N(C(=O)Cn1cnc2ccc(Br)cc2c1=O)[C@@H](C)CC. The lowest BCUT2D eigenvalue weighted by Crippen LogP contribution is -2.46. The Morgan fingerprint density at radius 2 is 1.88 bits per heavy atom. The normalized spacial score (nSPS) is 13.7. The Morgan fingerprint density at radius 1 is 1.25 bits per heavy atom. The minimum atomic E-state index is -0.192. The van der Waals surface area contributed by atoms with Crippen LogP contribution in [0.3, 0.4) is 0 Å². The van der Waals surface area contributed by atoms with E-state index in [1.807, 2.05) is 24.8 Å². The fourth-order valence-electron chi connectivity index (χ4n) is 2.79. The molecule has 0 bridgehead atoms. The number of fused-ring (bicyclic) bond motifs is 1. The van der Waals surface area contributed by atoms with Crippen molar-refractivity contribution in [3.05, 3.63) is 39.4 Å². The molecule has 2 rings (SSSR count). The van der Waals surface area contributed by atoms with Crippen molar-refractivity contribution in [2.75, 3.05) is 0 Å². The number of hydrogen-bond acceptors (Lipinski definition) is 3. The fraction of sp³-hybridized carbons (Fsp3) is 0.500. The van der Waals surface area contributed by atoms with Crippen molar-refractivity contribution in [3.63, 3.8) is 0 Å². The van der Waals surface area contributed by atoms with Gasteiger partial charge in [-0.15, -0.1) is 0 Å². The highest BCUT2D eigenvalue weighted by molar-refractivity contribution is 9.10. The lowest BCUT2D eigenvalue weighted by atomic mass is 10.1. The molecule has 1 amide bonds. The molecule has 0 saturated heterocycles. The molecule has 1 aromatic carbocycles. The Balaban J connectivity index is 2.35. The maximum absolute atomic E-state index is 12.8. The van der Waals surface area contributed by atoms with Crippen LogP contribution in [0, 0.1) is 0 Å². The molecule has 0 aliphatic rings. The van der Waals surface area contributed by atoms with Crippen LogP contribution in [0.15, 0.2) is 33.8 Å². The first-order valence-corrected chi connectivity index (χ1v) is 9.14. The second-order valence-corrected chi connectivity index (χ2v) is 7.07. The van der Waals surface area contributed by atoms with Gasteiger partial charge in [-0.1, -0.05) is 29.8 Å². The van der Waals surface area contributed by atoms with Crippen LogP contribution >= 0.6 is 15.9 Å². The highest BCUT2D eigenvalue weighted by Gasteiger charge is 2.24. The molecule has 0 spiro atoms. The molecule has 0 unspecified atom stereocenters. The lowest BCUT2D eigenvalue weighted by molar-refractivity contribution is -0.136. The summed E-state index contributed by atoms with van der Waals surface area (Å²) in [6.07, 6.45) is 3.23. The number of rotatable bonds is 6. The molecule has 0 radical (unpaired) electrons. The second-order valence-electron chi connectivity index (χ2n) is 6.15. The van der Waals surface area contributed by atoms with E-state index >= 15 is 0 Å². The van der Waals surface area contributed by atoms with E-state index in [9.17, 15) is 9.59 Å². The number of hydrogen-bond donors (Lipinski definition) is 0. The maximum atomic E-state index is 12.8. The van der Waals surface area contributed by atoms with Crippen molar-refractivity contribution in [2.24, 2.45) is 0 Å². The number of carbonyl (C=O) groups is 1. The van der Waals surface area contributed by atoms with Crippen LogP contribution in [0.5, 0.6) is 0 Å². The standard InChI is InChI=1S/C18H24BrN3O2/c1-5-12(3)22(13(4)6-2)17(23)10-21-11-20-16-8-7-14(19)9-15(16)18(21)24/h7-9,11-13H,5-6,10H2,1-4H3/t12-,13+. The zero-order chi connectivity index (χ0) is 17.9. The molecule has 0 N–H and O–H groups in total. The molecular formula is C18H24BrN3O2. The van der Waals surface area contributed by atoms with Gasteiger partial charge >= 0.3 is 0 Å². The predicted molar refractivity (Wildman–Crippen MR) is 100 cm³/mol. The van der Waals surface area contributed by atoms with Gasteiger partial charge in [0.2, 0.25) is 5.91 Å². The molecule has 2 atom stereocenters. The van der Waals surface area contributed by atoms with Crippen LogP contribution in [0.4, 0.5) is 0 Å².